The van der Waals surface area contributed by atoms with Crippen molar-refractivity contribution < 1.29 is 14.7 Å². The van der Waals surface area contributed by atoms with E-state index in [1.807, 2.05) is 12.1 Å². The Morgan fingerprint density at radius 1 is 1.09 bits per heavy atom. The van der Waals surface area contributed by atoms with Crippen LogP contribution in [0, 0.1) is 23.7 Å². The highest BCUT2D eigenvalue weighted by Crippen LogP contribution is 2.55. The lowest BCUT2D eigenvalue weighted by Gasteiger charge is -2.16. The monoisotopic (exact) mass is 333 g/mol. The van der Waals surface area contributed by atoms with E-state index in [4.69, 9.17) is 11.6 Å². The van der Waals surface area contributed by atoms with Crippen molar-refractivity contribution in [2.45, 2.75) is 25.2 Å². The fraction of sp³-hybridized carbons (Fsp3) is 0.556. The van der Waals surface area contributed by atoms with Crippen LogP contribution in [0.2, 0.25) is 5.02 Å². The first-order valence-corrected chi connectivity index (χ1v) is 8.69. The molecule has 1 heterocycles. The lowest BCUT2D eigenvalue weighted by Crippen LogP contribution is -2.31. The van der Waals surface area contributed by atoms with Gasteiger partial charge >= 0.3 is 5.97 Å². The lowest BCUT2D eigenvalue weighted by molar-refractivity contribution is -0.142. The topological polar surface area (TPSA) is 57.6 Å². The molecule has 1 amide bonds. The Labute approximate surface area is 140 Å². The van der Waals surface area contributed by atoms with E-state index in [2.05, 4.69) is 0 Å². The third kappa shape index (κ3) is 2.85. The molecule has 4 nitrogen and oxygen atoms in total. The normalized spacial score (nSPS) is 32.8. The van der Waals surface area contributed by atoms with Crippen LogP contribution in [0.5, 0.6) is 0 Å². The van der Waals surface area contributed by atoms with E-state index in [1.165, 1.54) is 12.8 Å². The van der Waals surface area contributed by atoms with Gasteiger partial charge in [-0.1, -0.05) is 23.7 Å². The number of halogens is 1. The van der Waals surface area contributed by atoms with Crippen LogP contribution in [-0.4, -0.2) is 35.0 Å². The fourth-order valence-corrected chi connectivity index (χ4v) is 4.19. The number of carbonyl (C=O) groups excluding carboxylic acids is 1. The number of hydrogen-bond acceptors (Lipinski definition) is 2. The number of carboxylic acids is 1. The van der Waals surface area contributed by atoms with Gasteiger partial charge in [0.15, 0.2) is 0 Å². The predicted molar refractivity (Wildman–Crippen MR) is 86.2 cm³/mol. The smallest absolute Gasteiger partial charge is 0.308 e. The second-order valence-corrected chi connectivity index (χ2v) is 7.63. The summed E-state index contributed by atoms with van der Waals surface area (Å²) in [6.07, 6.45) is 3.53. The number of carboxylic acid groups (broad SMARTS) is 1. The minimum Gasteiger partial charge on any atom is -0.481 e. The summed E-state index contributed by atoms with van der Waals surface area (Å²) < 4.78 is 0. The summed E-state index contributed by atoms with van der Waals surface area (Å²) in [7, 11) is 0. The van der Waals surface area contributed by atoms with Gasteiger partial charge in [-0.2, -0.15) is 0 Å². The van der Waals surface area contributed by atoms with Crippen molar-refractivity contribution in [3.63, 3.8) is 0 Å². The number of nitrogens with zero attached hydrogens (tertiary/aromatic N) is 1. The van der Waals surface area contributed by atoms with Crippen molar-refractivity contribution in [3.8, 4) is 0 Å². The molecule has 3 fully saturated rings. The van der Waals surface area contributed by atoms with Crippen LogP contribution in [0.3, 0.4) is 0 Å². The Balaban J connectivity index is 1.49. The first-order chi connectivity index (χ1) is 11.0. The van der Waals surface area contributed by atoms with Crippen LogP contribution in [0.15, 0.2) is 24.3 Å². The van der Waals surface area contributed by atoms with Crippen molar-refractivity contribution in [1.29, 1.82) is 0 Å². The molecule has 3 aliphatic rings. The van der Waals surface area contributed by atoms with E-state index in [-0.39, 0.29) is 17.7 Å². The van der Waals surface area contributed by atoms with Gasteiger partial charge in [-0.15, -0.1) is 0 Å². The van der Waals surface area contributed by atoms with Gasteiger partial charge in [0, 0.05) is 29.9 Å². The average Bonchev–Trinajstić information content (AvgIpc) is 3.42. The van der Waals surface area contributed by atoms with Crippen LogP contribution in [-0.2, 0) is 9.59 Å². The number of aliphatic carboxylic acids is 1. The van der Waals surface area contributed by atoms with Gasteiger partial charge in [-0.3, -0.25) is 9.59 Å². The first-order valence-electron chi connectivity index (χ1n) is 8.31. The highest BCUT2D eigenvalue weighted by molar-refractivity contribution is 6.30. The van der Waals surface area contributed by atoms with Crippen LogP contribution >= 0.6 is 11.6 Å². The molecule has 2 unspecified atom stereocenters. The molecule has 2 aliphatic carbocycles. The van der Waals surface area contributed by atoms with Gasteiger partial charge < -0.3 is 10.0 Å². The summed E-state index contributed by atoms with van der Waals surface area (Å²) in [6.45, 7) is 0.834. The molecule has 4 rings (SSSR count). The van der Waals surface area contributed by atoms with Crippen molar-refractivity contribution in [2.75, 3.05) is 13.1 Å². The van der Waals surface area contributed by atoms with Crippen LogP contribution in [0.25, 0.3) is 0 Å². The molecule has 1 saturated heterocycles. The maximum atomic E-state index is 12.7. The van der Waals surface area contributed by atoms with Crippen molar-refractivity contribution in [2.24, 2.45) is 23.7 Å². The lowest BCUT2D eigenvalue weighted by atomic mass is 9.89. The van der Waals surface area contributed by atoms with E-state index in [0.29, 0.717) is 24.0 Å². The number of likely N-dealkylation sites (tertiary alicyclic amines) is 1. The Hall–Kier alpha value is -1.55. The van der Waals surface area contributed by atoms with Gasteiger partial charge in [0.2, 0.25) is 5.91 Å². The van der Waals surface area contributed by atoms with Crippen LogP contribution < -0.4 is 0 Å². The SMILES string of the molecule is O=C(O)[C@@H]1CN(C(=O)C2CC2C2CC2)C[C@H]1c1ccc(Cl)cc1. The molecule has 1 aliphatic heterocycles. The summed E-state index contributed by atoms with van der Waals surface area (Å²) in [5.41, 5.74) is 0.951. The summed E-state index contributed by atoms with van der Waals surface area (Å²) in [5.74, 6) is 0.152. The quantitative estimate of drug-likeness (QED) is 0.921. The summed E-state index contributed by atoms with van der Waals surface area (Å²) >= 11 is 5.92. The number of rotatable bonds is 4. The minimum absolute atomic E-state index is 0.146. The van der Waals surface area contributed by atoms with Crippen molar-refractivity contribution in [1.82, 2.24) is 4.90 Å². The van der Waals surface area contributed by atoms with Gasteiger partial charge in [-0.05, 0) is 48.8 Å². The molecular weight excluding hydrogens is 314 g/mol. The van der Waals surface area contributed by atoms with Crippen LogP contribution in [0.1, 0.15) is 30.7 Å². The molecule has 4 atom stereocenters. The molecule has 23 heavy (non-hydrogen) atoms. The summed E-state index contributed by atoms with van der Waals surface area (Å²) in [5, 5.41) is 10.2. The van der Waals surface area contributed by atoms with Gasteiger partial charge in [0.25, 0.3) is 0 Å². The molecule has 5 heteroatoms. The Morgan fingerprint density at radius 3 is 2.39 bits per heavy atom. The predicted octanol–water partition coefficient (Wildman–Crippen LogP) is 3.01. The van der Waals surface area contributed by atoms with Gasteiger partial charge in [-0.25, -0.2) is 0 Å². The zero-order chi connectivity index (χ0) is 16.1. The largest absolute Gasteiger partial charge is 0.481 e. The number of amides is 1. The molecular formula is C18H20ClNO3. The highest BCUT2D eigenvalue weighted by Gasteiger charge is 2.53. The Kier molecular flexibility index (Phi) is 3.60. The van der Waals surface area contributed by atoms with Gasteiger partial charge in [0.1, 0.15) is 0 Å². The Morgan fingerprint density at radius 2 is 1.78 bits per heavy atom. The number of hydrogen-bond donors (Lipinski definition) is 1. The van der Waals surface area contributed by atoms with E-state index in [9.17, 15) is 14.7 Å². The van der Waals surface area contributed by atoms with E-state index >= 15 is 0 Å². The maximum Gasteiger partial charge on any atom is 0.308 e. The van der Waals surface area contributed by atoms with E-state index in [0.717, 1.165) is 17.9 Å². The third-order valence-electron chi connectivity index (χ3n) is 5.63. The fourth-order valence-electron chi connectivity index (χ4n) is 4.06. The zero-order valence-corrected chi connectivity index (χ0v) is 13.6. The molecule has 0 spiro atoms. The second kappa shape index (κ2) is 5.52. The van der Waals surface area contributed by atoms with Crippen LogP contribution in [0.4, 0.5) is 0 Å². The molecule has 2 saturated carbocycles. The standard InChI is InChI=1S/C18H20ClNO3/c19-12-5-3-11(4-6-12)15-8-20(9-16(15)18(22)23)17(21)14-7-13(14)10-1-2-10/h3-6,10,13-16H,1-2,7-9H2,(H,22,23)/t13?,14?,15-,16+/m0/s1. The molecule has 1 aromatic rings. The molecule has 1 N–H and O–H groups in total. The average molecular weight is 334 g/mol. The second-order valence-electron chi connectivity index (χ2n) is 7.19. The molecule has 0 aromatic heterocycles. The van der Waals surface area contributed by atoms with Crippen molar-refractivity contribution >= 4 is 23.5 Å². The number of benzene rings is 1. The summed E-state index contributed by atoms with van der Waals surface area (Å²) in [4.78, 5) is 26.1. The molecule has 122 valence electrons. The third-order valence-corrected chi connectivity index (χ3v) is 5.88. The Bertz CT molecular complexity index is 640. The zero-order valence-electron chi connectivity index (χ0n) is 12.8. The molecule has 0 radical (unpaired) electrons. The van der Waals surface area contributed by atoms with E-state index in [1.54, 1.807) is 17.0 Å². The molecule has 1 aromatic carbocycles. The molecule has 0 bridgehead atoms. The van der Waals surface area contributed by atoms with Gasteiger partial charge in [0.05, 0.1) is 5.92 Å². The van der Waals surface area contributed by atoms with E-state index < -0.39 is 11.9 Å². The van der Waals surface area contributed by atoms with Crippen molar-refractivity contribution in [3.05, 3.63) is 34.9 Å². The number of carbonyl (C=O) groups is 2. The summed E-state index contributed by atoms with van der Waals surface area (Å²) in [6, 6.07) is 7.32. The minimum atomic E-state index is -0.824. The first kappa shape index (κ1) is 15.0. The maximum absolute atomic E-state index is 12.7. The highest BCUT2D eigenvalue weighted by atomic mass is 35.5.